The van der Waals surface area contributed by atoms with Gasteiger partial charge in [0.2, 0.25) is 0 Å². The van der Waals surface area contributed by atoms with Gasteiger partial charge in [-0.3, -0.25) is 21.0 Å². The van der Waals surface area contributed by atoms with Gasteiger partial charge in [0.15, 0.2) is 0 Å². The highest BCUT2D eigenvalue weighted by Gasteiger charge is 2.39. The number of hydrogen-bond donors (Lipinski definition) is 3. The Morgan fingerprint density at radius 1 is 1.29 bits per heavy atom. The van der Waals surface area contributed by atoms with Crippen LogP contribution in [0.15, 0.2) is 36.4 Å². The number of nitrogens with zero attached hydrogens (tertiary/aromatic N) is 1. The monoisotopic (exact) mass is 475 g/mol. The van der Waals surface area contributed by atoms with E-state index in [0.717, 1.165) is 23.8 Å². The van der Waals surface area contributed by atoms with Crippen molar-refractivity contribution in [3.8, 4) is 0 Å². The molecule has 0 aliphatic carbocycles. The molecule has 0 bridgehead atoms. The Hall–Kier alpha value is -3.17. The molecular weight excluding hydrogens is 447 g/mol. The molecule has 0 amide bonds. The average Bonchev–Trinajstić information content (AvgIpc) is 2.77. The molecule has 6 nitrogen and oxygen atoms in total. The molecule has 3 N–H and O–H groups in total. The molecule has 0 fully saturated rings. The highest BCUT2D eigenvalue weighted by Crippen LogP contribution is 2.41. The normalized spacial score (nSPS) is 18.6. The summed E-state index contributed by atoms with van der Waals surface area (Å²) >= 11 is 0. The lowest BCUT2D eigenvalue weighted by molar-refractivity contribution is -0.134. The lowest BCUT2D eigenvalue weighted by Crippen LogP contribution is -2.48. The average molecular weight is 476 g/mol. The largest absolute Gasteiger partial charge is 0.466 e. The Balaban J connectivity index is 2.16. The van der Waals surface area contributed by atoms with Crippen LogP contribution >= 0.6 is 0 Å². The number of carbonyl (C=O) groups is 1. The molecule has 0 unspecified atom stereocenters. The number of methoxy groups -OCH3 is 1. The van der Waals surface area contributed by atoms with Crippen LogP contribution in [0.4, 0.5) is 13.2 Å². The van der Waals surface area contributed by atoms with Crippen molar-refractivity contribution < 1.29 is 27.9 Å². The molecule has 34 heavy (non-hydrogen) atoms. The van der Waals surface area contributed by atoms with Gasteiger partial charge in [-0.15, -0.1) is 0 Å². The molecule has 0 spiro atoms. The molecule has 182 valence electrons. The number of halogens is 3. The summed E-state index contributed by atoms with van der Waals surface area (Å²) < 4.78 is 50.1. The van der Waals surface area contributed by atoms with Gasteiger partial charge in [0.1, 0.15) is 23.1 Å². The minimum Gasteiger partial charge on any atom is -0.466 e. The quantitative estimate of drug-likeness (QED) is 0.188. The van der Waals surface area contributed by atoms with E-state index in [1.165, 1.54) is 27.0 Å². The maximum absolute atomic E-state index is 15.4. The summed E-state index contributed by atoms with van der Waals surface area (Å²) in [6, 6.07) is 5.95. The summed E-state index contributed by atoms with van der Waals surface area (Å²) in [5.41, 5.74) is 1.84. The van der Waals surface area contributed by atoms with E-state index >= 15 is 8.78 Å². The van der Waals surface area contributed by atoms with E-state index in [4.69, 9.17) is 10.6 Å². The molecule has 0 saturated heterocycles. The van der Waals surface area contributed by atoms with Crippen molar-refractivity contribution in [3.63, 3.8) is 0 Å². The molecule has 0 radical (unpaired) electrons. The number of hydrogen-bond acceptors (Lipinski definition) is 5. The van der Waals surface area contributed by atoms with Crippen LogP contribution in [0.5, 0.6) is 0 Å². The summed E-state index contributed by atoms with van der Waals surface area (Å²) in [6.45, 7) is 4.62. The predicted molar refractivity (Wildman–Crippen MR) is 123 cm³/mol. The Labute approximate surface area is 196 Å². The summed E-state index contributed by atoms with van der Waals surface area (Å²) in [6.07, 6.45) is 2.79. The topological polar surface area (TPSA) is 85.7 Å². The first-order valence-corrected chi connectivity index (χ1v) is 10.8. The summed E-state index contributed by atoms with van der Waals surface area (Å²) in [5.74, 6) is -2.52. The number of amidine groups is 1. The first kappa shape index (κ1) is 25.5. The zero-order chi connectivity index (χ0) is 25.2. The molecular formula is C25H28F3N3O3. The predicted octanol–water partition coefficient (Wildman–Crippen LogP) is 4.54. The van der Waals surface area contributed by atoms with Crippen molar-refractivity contribution in [2.45, 2.75) is 44.9 Å². The summed E-state index contributed by atoms with van der Waals surface area (Å²) in [5, 5.41) is 16.9. The lowest BCUT2D eigenvalue weighted by atomic mass is 9.83. The third-order valence-electron chi connectivity index (χ3n) is 5.80. The van der Waals surface area contributed by atoms with Crippen molar-refractivity contribution in [1.29, 1.82) is 5.41 Å². The molecule has 1 aliphatic rings. The first-order chi connectivity index (χ1) is 15.9. The smallest absolute Gasteiger partial charge is 0.330 e. The third kappa shape index (κ3) is 5.48. The summed E-state index contributed by atoms with van der Waals surface area (Å²) in [4.78, 5) is 13.1. The fourth-order valence-corrected chi connectivity index (χ4v) is 4.33. The second-order valence-corrected chi connectivity index (χ2v) is 9.00. The fraction of sp³-hybridized carbons (Fsp3) is 0.360. The van der Waals surface area contributed by atoms with E-state index in [9.17, 15) is 9.18 Å². The molecule has 2 aromatic rings. The number of nitrogens with one attached hydrogen (secondary N) is 2. The van der Waals surface area contributed by atoms with Gasteiger partial charge >= 0.3 is 5.97 Å². The number of rotatable bonds is 6. The van der Waals surface area contributed by atoms with Crippen LogP contribution in [0.3, 0.4) is 0 Å². The fourth-order valence-electron chi connectivity index (χ4n) is 4.33. The van der Waals surface area contributed by atoms with Gasteiger partial charge in [0.25, 0.3) is 0 Å². The van der Waals surface area contributed by atoms with Crippen molar-refractivity contribution in [2.75, 3.05) is 13.7 Å². The number of ether oxygens (including phenoxy) is 1. The minimum atomic E-state index is -1.62. The molecule has 2 atom stereocenters. The second-order valence-electron chi connectivity index (χ2n) is 9.00. The van der Waals surface area contributed by atoms with Gasteiger partial charge in [0.05, 0.1) is 13.2 Å². The summed E-state index contributed by atoms with van der Waals surface area (Å²) in [7, 11) is 1.20. The standard InChI is InChI=1S/C25H28F3N3O3/c1-14-9-17-12-16(24(29)30-33)6-7-18(17)23(31(14)13-25(2,3)28)22-19(26)10-15(11-20(22)27)5-8-21(32)34-4/h5-8,10-12,14,23,33H,9,13H2,1-4H3,(H2,29,30)/b8-5+/t14-,23+/m0/s1. The number of esters is 1. The zero-order valence-electron chi connectivity index (χ0n) is 19.5. The highest BCUT2D eigenvalue weighted by molar-refractivity contribution is 5.95. The molecule has 9 heteroatoms. The van der Waals surface area contributed by atoms with E-state index in [1.54, 1.807) is 28.6 Å². The van der Waals surface area contributed by atoms with Crippen molar-refractivity contribution >= 4 is 17.9 Å². The number of fused-ring (bicyclic) bond motifs is 1. The second kappa shape index (κ2) is 9.99. The number of hydroxylamine groups is 1. The molecule has 3 rings (SSSR count). The lowest BCUT2D eigenvalue weighted by Gasteiger charge is -2.44. The minimum absolute atomic E-state index is 0.0586. The van der Waals surface area contributed by atoms with Crippen LogP contribution in [-0.2, 0) is 16.0 Å². The van der Waals surface area contributed by atoms with Crippen molar-refractivity contribution in [2.24, 2.45) is 0 Å². The van der Waals surface area contributed by atoms with Crippen LogP contribution in [0, 0.1) is 17.0 Å². The highest BCUT2D eigenvalue weighted by atomic mass is 19.1. The van der Waals surface area contributed by atoms with Gasteiger partial charge in [-0.1, -0.05) is 12.1 Å². The Kier molecular flexibility index (Phi) is 7.48. The van der Waals surface area contributed by atoms with Gasteiger partial charge in [0, 0.05) is 29.8 Å². The van der Waals surface area contributed by atoms with Crippen molar-refractivity contribution in [3.05, 3.63) is 75.9 Å². The van der Waals surface area contributed by atoms with E-state index in [-0.39, 0.29) is 29.5 Å². The maximum atomic E-state index is 15.4. The van der Waals surface area contributed by atoms with Crippen LogP contribution < -0.4 is 5.48 Å². The van der Waals surface area contributed by atoms with E-state index in [1.807, 2.05) is 6.92 Å². The third-order valence-corrected chi connectivity index (χ3v) is 5.80. The Morgan fingerprint density at radius 2 is 1.94 bits per heavy atom. The Bertz CT molecular complexity index is 1110. The van der Waals surface area contributed by atoms with Crippen LogP contribution in [0.1, 0.15) is 54.6 Å². The van der Waals surface area contributed by atoms with E-state index in [0.29, 0.717) is 17.5 Å². The Morgan fingerprint density at radius 3 is 2.50 bits per heavy atom. The number of carbonyl (C=O) groups excluding carboxylic acids is 1. The van der Waals surface area contributed by atoms with E-state index in [2.05, 4.69) is 4.74 Å². The van der Waals surface area contributed by atoms with Gasteiger partial charge in [-0.05, 0) is 68.2 Å². The molecule has 1 heterocycles. The molecule has 0 saturated carbocycles. The number of alkyl halides is 1. The van der Waals surface area contributed by atoms with Crippen LogP contribution in [0.25, 0.3) is 6.08 Å². The zero-order valence-corrected chi connectivity index (χ0v) is 19.5. The first-order valence-electron chi connectivity index (χ1n) is 10.8. The van der Waals surface area contributed by atoms with Gasteiger partial charge in [-0.2, -0.15) is 0 Å². The van der Waals surface area contributed by atoms with Crippen LogP contribution in [0.2, 0.25) is 0 Å². The number of benzene rings is 2. The molecule has 2 aromatic carbocycles. The molecule has 0 aromatic heterocycles. The SMILES string of the molecule is COC(=O)/C=C/c1cc(F)c([C@H]2c3ccc(C(=N)NO)cc3C[C@H](C)N2CC(C)(C)F)c(F)c1. The van der Waals surface area contributed by atoms with E-state index < -0.39 is 29.3 Å². The maximum Gasteiger partial charge on any atom is 0.330 e. The van der Waals surface area contributed by atoms with Gasteiger partial charge < -0.3 is 4.74 Å². The molecule has 1 aliphatic heterocycles. The van der Waals surface area contributed by atoms with Crippen molar-refractivity contribution in [1.82, 2.24) is 10.4 Å². The van der Waals surface area contributed by atoms with Crippen LogP contribution in [-0.4, -0.2) is 47.3 Å². The van der Waals surface area contributed by atoms with Gasteiger partial charge in [-0.25, -0.2) is 18.0 Å².